The number of para-hydroxylation sites is 1. The lowest BCUT2D eigenvalue weighted by molar-refractivity contribution is 0.0999. The van der Waals surface area contributed by atoms with Crippen LogP contribution in [0.5, 0.6) is 0 Å². The number of hydrogen-bond donors (Lipinski definition) is 1. The van der Waals surface area contributed by atoms with Gasteiger partial charge in [-0.25, -0.2) is 8.42 Å². The average molecular weight is 379 g/mol. The molecule has 0 spiro atoms. The van der Waals surface area contributed by atoms with Gasteiger partial charge in [0.25, 0.3) is 15.9 Å². The van der Waals surface area contributed by atoms with Crippen LogP contribution in [0.4, 0.5) is 11.5 Å². The van der Waals surface area contributed by atoms with Crippen molar-refractivity contribution < 1.29 is 17.7 Å². The number of anilines is 2. The Bertz CT molecular complexity index is 1360. The number of nitrogens with zero attached hydrogens (tertiary/aromatic N) is 2. The summed E-state index contributed by atoms with van der Waals surface area (Å²) in [5.41, 5.74) is 1.67. The van der Waals surface area contributed by atoms with E-state index in [1.807, 2.05) is 0 Å². The van der Waals surface area contributed by atoms with Crippen molar-refractivity contribution in [1.29, 1.82) is 0 Å². The fourth-order valence-corrected chi connectivity index (χ4v) is 4.70. The molecule has 5 rings (SSSR count). The minimum absolute atomic E-state index is 0.0817. The lowest BCUT2D eigenvalue weighted by Crippen LogP contribution is -2.20. The molecule has 0 radical (unpaired) electrons. The van der Waals surface area contributed by atoms with Gasteiger partial charge in [0, 0.05) is 23.4 Å². The van der Waals surface area contributed by atoms with Gasteiger partial charge < -0.3 is 9.42 Å². The van der Waals surface area contributed by atoms with E-state index in [-0.39, 0.29) is 16.6 Å². The zero-order chi connectivity index (χ0) is 18.8. The van der Waals surface area contributed by atoms with Crippen LogP contribution in [0.2, 0.25) is 0 Å². The normalized spacial score (nSPS) is 13.7. The summed E-state index contributed by atoms with van der Waals surface area (Å²) in [5.74, 6) is -0.0253. The largest absolute Gasteiger partial charge is 0.354 e. The number of carbonyl (C=O) groups excluding carboxylic acids is 1. The number of aromatic nitrogens is 1. The van der Waals surface area contributed by atoms with Crippen LogP contribution in [-0.4, -0.2) is 26.5 Å². The first-order valence-electron chi connectivity index (χ1n) is 8.18. The first-order valence-corrected chi connectivity index (χ1v) is 9.67. The molecule has 3 aromatic carbocycles. The van der Waals surface area contributed by atoms with E-state index < -0.39 is 10.0 Å². The molecular weight excluding hydrogens is 366 g/mol. The first-order chi connectivity index (χ1) is 13.0. The predicted molar refractivity (Wildman–Crippen MR) is 101 cm³/mol. The van der Waals surface area contributed by atoms with Crippen LogP contribution in [-0.2, 0) is 10.0 Å². The van der Waals surface area contributed by atoms with E-state index in [2.05, 4.69) is 9.88 Å². The van der Waals surface area contributed by atoms with E-state index in [9.17, 15) is 13.2 Å². The van der Waals surface area contributed by atoms with Crippen LogP contribution in [0.15, 0.2) is 64.0 Å². The molecule has 0 aliphatic carbocycles. The van der Waals surface area contributed by atoms with E-state index in [0.717, 1.165) is 0 Å². The minimum Gasteiger partial charge on any atom is -0.354 e. The summed E-state index contributed by atoms with van der Waals surface area (Å²) in [6, 6.07) is 15.2. The molecule has 134 valence electrons. The Morgan fingerprint density at radius 2 is 1.78 bits per heavy atom. The van der Waals surface area contributed by atoms with Crippen LogP contribution >= 0.6 is 0 Å². The van der Waals surface area contributed by atoms with Crippen molar-refractivity contribution in [3.8, 4) is 0 Å². The summed E-state index contributed by atoms with van der Waals surface area (Å²) in [4.78, 5) is 14.0. The number of nitrogens with one attached hydrogen (secondary N) is 1. The highest BCUT2D eigenvalue weighted by Crippen LogP contribution is 2.39. The standard InChI is InChI=1S/C19H13N3O4S/c1-22-14-9-10-16(12-6-4-7-13(17(12)14)19(22)23)27(24,25)21-18-11-5-2-3-8-15(11)26-20-18/h2-10H,1H3,(H,20,21). The molecular formula is C19H13N3O4S. The molecule has 27 heavy (non-hydrogen) atoms. The van der Waals surface area contributed by atoms with E-state index in [4.69, 9.17) is 4.52 Å². The summed E-state index contributed by atoms with van der Waals surface area (Å²) in [6.07, 6.45) is 0. The van der Waals surface area contributed by atoms with Crippen molar-refractivity contribution in [2.24, 2.45) is 0 Å². The maximum atomic E-state index is 13.1. The Labute approximate surface area is 154 Å². The van der Waals surface area contributed by atoms with Crippen LogP contribution in [0.25, 0.3) is 21.7 Å². The zero-order valence-electron chi connectivity index (χ0n) is 14.1. The van der Waals surface area contributed by atoms with Gasteiger partial charge in [0.1, 0.15) is 0 Å². The van der Waals surface area contributed by atoms with Crippen molar-refractivity contribution >= 4 is 49.2 Å². The summed E-state index contributed by atoms with van der Waals surface area (Å²) in [7, 11) is -2.27. The molecule has 1 aliphatic rings. The van der Waals surface area contributed by atoms with Crippen LogP contribution in [0.3, 0.4) is 0 Å². The average Bonchev–Trinajstić information content (AvgIpc) is 3.18. The second-order valence-corrected chi connectivity index (χ2v) is 7.96. The maximum absolute atomic E-state index is 13.1. The van der Waals surface area contributed by atoms with E-state index >= 15 is 0 Å². The van der Waals surface area contributed by atoms with Gasteiger partial charge in [-0.15, -0.1) is 0 Å². The molecule has 4 aromatic rings. The Kier molecular flexibility index (Phi) is 3.11. The van der Waals surface area contributed by atoms with Crippen LogP contribution in [0, 0.1) is 0 Å². The second kappa shape index (κ2) is 5.31. The minimum atomic E-state index is -3.94. The highest BCUT2D eigenvalue weighted by atomic mass is 32.2. The molecule has 7 nitrogen and oxygen atoms in total. The Balaban J connectivity index is 1.69. The Hall–Kier alpha value is -3.39. The number of amides is 1. The van der Waals surface area contributed by atoms with Gasteiger partial charge in [-0.1, -0.05) is 29.4 Å². The Morgan fingerprint density at radius 1 is 1.00 bits per heavy atom. The molecule has 0 bridgehead atoms. The molecule has 1 aliphatic heterocycles. The highest BCUT2D eigenvalue weighted by molar-refractivity contribution is 7.93. The van der Waals surface area contributed by atoms with Gasteiger partial charge in [-0.05, 0) is 30.3 Å². The van der Waals surface area contributed by atoms with Crippen molar-refractivity contribution in [3.63, 3.8) is 0 Å². The summed E-state index contributed by atoms with van der Waals surface area (Å²) < 4.78 is 33.8. The topological polar surface area (TPSA) is 92.5 Å². The Morgan fingerprint density at radius 3 is 2.63 bits per heavy atom. The van der Waals surface area contributed by atoms with Crippen molar-refractivity contribution in [3.05, 3.63) is 60.2 Å². The van der Waals surface area contributed by atoms with Gasteiger partial charge >= 0.3 is 0 Å². The lowest BCUT2D eigenvalue weighted by atomic mass is 10.1. The number of benzene rings is 3. The fraction of sp³-hybridized carbons (Fsp3) is 0.0526. The molecule has 0 atom stereocenters. The number of sulfonamides is 1. The van der Waals surface area contributed by atoms with Crippen molar-refractivity contribution in [2.75, 3.05) is 16.7 Å². The van der Waals surface area contributed by atoms with Crippen molar-refractivity contribution in [2.45, 2.75) is 4.90 Å². The van der Waals surface area contributed by atoms with E-state index in [1.165, 1.54) is 11.0 Å². The van der Waals surface area contributed by atoms with Gasteiger partial charge in [0.2, 0.25) is 0 Å². The first kappa shape index (κ1) is 15.8. The molecule has 2 heterocycles. The third kappa shape index (κ3) is 2.16. The smallest absolute Gasteiger partial charge is 0.263 e. The van der Waals surface area contributed by atoms with Gasteiger partial charge in [0.15, 0.2) is 11.4 Å². The number of carbonyl (C=O) groups is 1. The third-order valence-electron chi connectivity index (χ3n) is 4.77. The van der Waals surface area contributed by atoms with Gasteiger partial charge in [-0.3, -0.25) is 9.52 Å². The molecule has 1 amide bonds. The molecule has 0 unspecified atom stereocenters. The fourth-order valence-electron chi connectivity index (χ4n) is 3.49. The number of rotatable bonds is 3. The number of hydrogen-bond acceptors (Lipinski definition) is 5. The molecule has 1 N–H and O–H groups in total. The lowest BCUT2D eigenvalue weighted by Gasteiger charge is -2.12. The summed E-state index contributed by atoms with van der Waals surface area (Å²) >= 11 is 0. The molecule has 0 fully saturated rings. The highest BCUT2D eigenvalue weighted by Gasteiger charge is 2.30. The monoisotopic (exact) mass is 379 g/mol. The van der Waals surface area contributed by atoms with Crippen molar-refractivity contribution in [1.82, 2.24) is 5.16 Å². The van der Waals surface area contributed by atoms with Gasteiger partial charge in [-0.2, -0.15) is 0 Å². The quantitative estimate of drug-likeness (QED) is 0.589. The van der Waals surface area contributed by atoms with Crippen LogP contribution in [0.1, 0.15) is 10.4 Å². The summed E-state index contributed by atoms with van der Waals surface area (Å²) in [5, 5.41) is 5.53. The third-order valence-corrected chi connectivity index (χ3v) is 6.17. The van der Waals surface area contributed by atoms with E-state index in [1.54, 1.807) is 55.6 Å². The predicted octanol–water partition coefficient (Wildman–Crippen LogP) is 3.37. The van der Waals surface area contributed by atoms with Crippen LogP contribution < -0.4 is 9.62 Å². The summed E-state index contributed by atoms with van der Waals surface area (Å²) in [6.45, 7) is 0. The second-order valence-electron chi connectivity index (χ2n) is 6.31. The van der Waals surface area contributed by atoms with E-state index in [0.29, 0.717) is 33.0 Å². The molecule has 0 saturated heterocycles. The molecule has 8 heteroatoms. The molecule has 1 aromatic heterocycles. The maximum Gasteiger partial charge on any atom is 0.263 e. The van der Waals surface area contributed by atoms with Gasteiger partial charge in [0.05, 0.1) is 16.0 Å². The molecule has 0 saturated carbocycles. The zero-order valence-corrected chi connectivity index (χ0v) is 14.9. The number of fused-ring (bicyclic) bond motifs is 1. The SMILES string of the molecule is CN1C(=O)c2cccc3c(S(=O)(=O)Nc4noc5ccccc45)ccc1c23.